The summed E-state index contributed by atoms with van der Waals surface area (Å²) < 4.78 is 10.8. The van der Waals surface area contributed by atoms with Crippen LogP contribution in [0.3, 0.4) is 0 Å². The highest BCUT2D eigenvalue weighted by Crippen LogP contribution is 2.28. The van der Waals surface area contributed by atoms with Crippen LogP contribution in [0.1, 0.15) is 22.5 Å². The normalized spacial score (nSPS) is 16.9. The summed E-state index contributed by atoms with van der Waals surface area (Å²) in [4.78, 5) is 18.1. The second kappa shape index (κ2) is 7.16. The minimum Gasteiger partial charge on any atom is -0.376 e. The molecule has 6 nitrogen and oxygen atoms in total. The molecule has 1 aliphatic heterocycles. The summed E-state index contributed by atoms with van der Waals surface area (Å²) in [5.74, 6) is 0.856. The third kappa shape index (κ3) is 3.62. The molecule has 0 saturated carbocycles. The zero-order chi connectivity index (χ0) is 17.1. The van der Waals surface area contributed by atoms with Crippen LogP contribution in [-0.2, 0) is 4.74 Å². The SMILES string of the molecule is O=C(NCC1CCCO1)c1ccc(-c2noc(-c3ccccc3)n2)s1. The van der Waals surface area contributed by atoms with Crippen LogP contribution >= 0.6 is 11.3 Å². The molecule has 0 bridgehead atoms. The van der Waals surface area contributed by atoms with E-state index in [1.165, 1.54) is 11.3 Å². The smallest absolute Gasteiger partial charge is 0.261 e. The molecule has 1 N–H and O–H groups in total. The average Bonchev–Trinajstić information content (AvgIpc) is 3.41. The van der Waals surface area contributed by atoms with E-state index < -0.39 is 0 Å². The molecule has 1 atom stereocenters. The fraction of sp³-hybridized carbons (Fsp3) is 0.278. The van der Waals surface area contributed by atoms with Gasteiger partial charge in [-0.15, -0.1) is 11.3 Å². The van der Waals surface area contributed by atoms with Gasteiger partial charge in [0.25, 0.3) is 11.8 Å². The Morgan fingerprint density at radius 3 is 2.92 bits per heavy atom. The number of carbonyl (C=O) groups excluding carboxylic acids is 1. The molecule has 1 fully saturated rings. The van der Waals surface area contributed by atoms with Crippen LogP contribution in [0.4, 0.5) is 0 Å². The largest absolute Gasteiger partial charge is 0.376 e. The molecule has 2 aromatic heterocycles. The van der Waals surface area contributed by atoms with Crippen LogP contribution < -0.4 is 5.32 Å². The van der Waals surface area contributed by atoms with Crippen LogP contribution in [0, 0.1) is 0 Å². The van der Waals surface area contributed by atoms with Crippen molar-refractivity contribution in [2.45, 2.75) is 18.9 Å². The number of carbonyl (C=O) groups is 1. The third-order valence-corrected chi connectivity index (χ3v) is 5.09. The molecule has 1 amide bonds. The maximum absolute atomic E-state index is 12.3. The number of hydrogen-bond acceptors (Lipinski definition) is 6. The van der Waals surface area contributed by atoms with Gasteiger partial charge in [-0.3, -0.25) is 4.79 Å². The minimum absolute atomic E-state index is 0.0986. The Morgan fingerprint density at radius 2 is 2.12 bits per heavy atom. The molecular formula is C18H17N3O3S. The molecule has 7 heteroatoms. The molecule has 1 aliphatic rings. The highest BCUT2D eigenvalue weighted by molar-refractivity contribution is 7.17. The highest BCUT2D eigenvalue weighted by Gasteiger charge is 2.18. The van der Waals surface area contributed by atoms with Crippen LogP contribution in [0.25, 0.3) is 22.2 Å². The van der Waals surface area contributed by atoms with E-state index in [0.29, 0.717) is 23.1 Å². The molecule has 1 unspecified atom stereocenters. The molecule has 4 rings (SSSR count). The first-order chi connectivity index (χ1) is 12.3. The van der Waals surface area contributed by atoms with Crippen molar-refractivity contribution < 1.29 is 14.1 Å². The van der Waals surface area contributed by atoms with Gasteiger partial charge in [0.05, 0.1) is 15.9 Å². The second-order valence-corrected chi connectivity index (χ2v) is 6.88. The van der Waals surface area contributed by atoms with Crippen molar-refractivity contribution in [1.29, 1.82) is 0 Å². The number of aromatic nitrogens is 2. The zero-order valence-corrected chi connectivity index (χ0v) is 14.3. The average molecular weight is 355 g/mol. The molecule has 3 aromatic rings. The third-order valence-electron chi connectivity index (χ3n) is 4.01. The van der Waals surface area contributed by atoms with Crippen molar-refractivity contribution in [1.82, 2.24) is 15.5 Å². The number of benzene rings is 1. The Bertz CT molecular complexity index is 853. The fourth-order valence-corrected chi connectivity index (χ4v) is 3.55. The molecule has 1 saturated heterocycles. The first-order valence-corrected chi connectivity index (χ1v) is 9.00. The molecule has 128 valence electrons. The molecule has 1 aromatic carbocycles. The summed E-state index contributed by atoms with van der Waals surface area (Å²) in [5.41, 5.74) is 0.868. The number of rotatable bonds is 5. The lowest BCUT2D eigenvalue weighted by atomic mass is 10.2. The van der Waals surface area contributed by atoms with E-state index in [9.17, 15) is 4.79 Å². The molecule has 3 heterocycles. The fourth-order valence-electron chi connectivity index (χ4n) is 2.70. The molecule has 0 aliphatic carbocycles. The van der Waals surface area contributed by atoms with Gasteiger partial charge in [0.15, 0.2) is 0 Å². The van der Waals surface area contributed by atoms with Gasteiger partial charge in [0.2, 0.25) is 5.82 Å². The zero-order valence-electron chi connectivity index (χ0n) is 13.5. The van der Waals surface area contributed by atoms with Gasteiger partial charge in [-0.1, -0.05) is 23.4 Å². The van der Waals surface area contributed by atoms with Gasteiger partial charge in [0, 0.05) is 18.7 Å². The minimum atomic E-state index is -0.0986. The van der Waals surface area contributed by atoms with E-state index in [0.717, 1.165) is 29.9 Å². The summed E-state index contributed by atoms with van der Waals surface area (Å²) in [6.07, 6.45) is 2.20. The molecule has 25 heavy (non-hydrogen) atoms. The van der Waals surface area contributed by atoms with E-state index in [4.69, 9.17) is 9.26 Å². The Hall–Kier alpha value is -2.51. The van der Waals surface area contributed by atoms with Gasteiger partial charge in [-0.25, -0.2) is 0 Å². The number of thiophene rings is 1. The summed E-state index contributed by atoms with van der Waals surface area (Å²) >= 11 is 1.35. The number of ether oxygens (including phenoxy) is 1. The number of nitrogens with one attached hydrogen (secondary N) is 1. The van der Waals surface area contributed by atoms with Crippen molar-refractivity contribution in [3.63, 3.8) is 0 Å². The Morgan fingerprint density at radius 1 is 1.24 bits per heavy atom. The quantitative estimate of drug-likeness (QED) is 0.759. The second-order valence-electron chi connectivity index (χ2n) is 5.80. The number of nitrogens with zero attached hydrogens (tertiary/aromatic N) is 2. The maximum Gasteiger partial charge on any atom is 0.261 e. The summed E-state index contributed by atoms with van der Waals surface area (Å²) in [6.45, 7) is 1.33. The van der Waals surface area contributed by atoms with Crippen molar-refractivity contribution in [3.8, 4) is 22.2 Å². The Labute approximate surface area is 148 Å². The van der Waals surface area contributed by atoms with Crippen molar-refractivity contribution >= 4 is 17.2 Å². The van der Waals surface area contributed by atoms with Gasteiger partial charge < -0.3 is 14.6 Å². The van der Waals surface area contributed by atoms with Crippen LogP contribution in [-0.4, -0.2) is 35.3 Å². The van der Waals surface area contributed by atoms with Gasteiger partial charge >= 0.3 is 0 Å². The van der Waals surface area contributed by atoms with E-state index in [-0.39, 0.29) is 12.0 Å². The maximum atomic E-state index is 12.3. The van der Waals surface area contributed by atoms with Crippen LogP contribution in [0.5, 0.6) is 0 Å². The highest BCUT2D eigenvalue weighted by atomic mass is 32.1. The molecular weight excluding hydrogens is 338 g/mol. The first kappa shape index (κ1) is 16.0. The molecule has 0 radical (unpaired) electrons. The lowest BCUT2D eigenvalue weighted by Gasteiger charge is -2.09. The van der Waals surface area contributed by atoms with Crippen molar-refractivity contribution in [2.24, 2.45) is 0 Å². The van der Waals surface area contributed by atoms with E-state index in [1.54, 1.807) is 6.07 Å². The Balaban J connectivity index is 1.44. The van der Waals surface area contributed by atoms with E-state index >= 15 is 0 Å². The lowest BCUT2D eigenvalue weighted by Crippen LogP contribution is -2.31. The lowest BCUT2D eigenvalue weighted by molar-refractivity contribution is 0.0861. The monoisotopic (exact) mass is 355 g/mol. The predicted octanol–water partition coefficient (Wildman–Crippen LogP) is 3.37. The number of hydrogen-bond donors (Lipinski definition) is 1. The van der Waals surface area contributed by atoms with E-state index in [2.05, 4.69) is 15.5 Å². The van der Waals surface area contributed by atoms with Crippen LogP contribution in [0.2, 0.25) is 0 Å². The van der Waals surface area contributed by atoms with Crippen molar-refractivity contribution in [3.05, 3.63) is 47.3 Å². The van der Waals surface area contributed by atoms with Crippen LogP contribution in [0.15, 0.2) is 47.0 Å². The topological polar surface area (TPSA) is 77.2 Å². The van der Waals surface area contributed by atoms with Gasteiger partial charge in [-0.05, 0) is 37.1 Å². The molecule has 0 spiro atoms. The first-order valence-electron chi connectivity index (χ1n) is 8.19. The predicted molar refractivity (Wildman–Crippen MR) is 94.4 cm³/mol. The summed E-state index contributed by atoms with van der Waals surface area (Å²) in [5, 5.41) is 6.94. The standard InChI is InChI=1S/C18H17N3O3S/c22-17(19-11-13-7-4-10-23-13)15-9-8-14(25-15)16-20-18(24-21-16)12-5-2-1-3-6-12/h1-3,5-6,8-9,13H,4,7,10-11H2,(H,19,22). The van der Waals surface area contributed by atoms with Gasteiger partial charge in [-0.2, -0.15) is 4.98 Å². The Kier molecular flexibility index (Phi) is 4.58. The number of amides is 1. The summed E-state index contributed by atoms with van der Waals surface area (Å²) in [6, 6.07) is 13.2. The summed E-state index contributed by atoms with van der Waals surface area (Å²) in [7, 11) is 0. The van der Waals surface area contributed by atoms with Gasteiger partial charge in [0.1, 0.15) is 0 Å². The van der Waals surface area contributed by atoms with E-state index in [1.807, 2.05) is 36.4 Å². The van der Waals surface area contributed by atoms with Crippen molar-refractivity contribution in [2.75, 3.05) is 13.2 Å².